The Morgan fingerprint density at radius 3 is 2.35 bits per heavy atom. The van der Waals surface area contributed by atoms with Crippen LogP contribution in [-0.4, -0.2) is 35.1 Å². The maximum Gasteiger partial charge on any atom is 0.273 e. The monoisotopic (exact) mass is 324 g/mol. The Balaban J connectivity index is 3.22. The van der Waals surface area contributed by atoms with Crippen molar-refractivity contribution >= 4 is 25.7 Å². The van der Waals surface area contributed by atoms with Crippen molar-refractivity contribution in [3.05, 3.63) is 33.9 Å². The first-order chi connectivity index (χ1) is 9.04. The molecule has 0 amide bonds. The van der Waals surface area contributed by atoms with Crippen LogP contribution >= 0.6 is 0 Å². The highest BCUT2D eigenvalue weighted by Crippen LogP contribution is 2.25. The van der Waals surface area contributed by atoms with E-state index in [2.05, 4.69) is 0 Å². The Morgan fingerprint density at radius 1 is 1.30 bits per heavy atom. The molecule has 1 rings (SSSR count). The third-order valence-corrected chi connectivity index (χ3v) is 5.03. The molecule has 0 bridgehead atoms. The molecule has 0 aliphatic rings. The van der Waals surface area contributed by atoms with E-state index in [0.29, 0.717) is 6.26 Å². The minimum atomic E-state index is -4.27. The van der Waals surface area contributed by atoms with Crippen molar-refractivity contribution in [1.29, 1.82) is 0 Å². The summed E-state index contributed by atoms with van der Waals surface area (Å²) in [6.07, 6.45) is 0.671. The van der Waals surface area contributed by atoms with Crippen molar-refractivity contribution in [3.63, 3.8) is 0 Å². The number of methoxy groups -OCH3 is 1. The number of nitrogens with one attached hydrogen (secondary N) is 1. The van der Waals surface area contributed by atoms with E-state index in [1.165, 1.54) is 23.4 Å². The van der Waals surface area contributed by atoms with Gasteiger partial charge in [0.1, 0.15) is 5.75 Å². The van der Waals surface area contributed by atoms with Crippen molar-refractivity contribution in [3.8, 4) is 5.75 Å². The predicted octanol–water partition coefficient (Wildman–Crippen LogP) is -0.0176. The van der Waals surface area contributed by atoms with Crippen LogP contribution in [0.2, 0.25) is 0 Å². The lowest BCUT2D eigenvalue weighted by Gasteiger charge is -2.07. The number of nitro benzene ring substituents is 1. The van der Waals surface area contributed by atoms with Gasteiger partial charge in [0.25, 0.3) is 5.69 Å². The molecule has 1 aromatic rings. The van der Waals surface area contributed by atoms with Crippen molar-refractivity contribution in [1.82, 2.24) is 4.13 Å². The third kappa shape index (κ3) is 4.75. The Morgan fingerprint density at radius 2 is 1.90 bits per heavy atom. The first-order valence-electron chi connectivity index (χ1n) is 5.06. The van der Waals surface area contributed by atoms with E-state index in [1.807, 2.05) is 0 Å². The van der Waals surface area contributed by atoms with Crippen LogP contribution in [0.15, 0.2) is 18.2 Å². The molecule has 1 N–H and O–H groups in total. The number of hydrogen-bond donors (Lipinski definition) is 1. The van der Waals surface area contributed by atoms with Crippen LogP contribution in [0.25, 0.3) is 0 Å². The largest absolute Gasteiger partial charge is 0.497 e. The molecule has 0 heterocycles. The first-order valence-corrected chi connectivity index (χ1v) is 8.61. The fourth-order valence-corrected chi connectivity index (χ4v) is 4.17. The Bertz CT molecular complexity index is 725. The summed E-state index contributed by atoms with van der Waals surface area (Å²) in [5.74, 6) is -0.631. The summed E-state index contributed by atoms with van der Waals surface area (Å²) in [5, 5.41) is 10.8. The third-order valence-electron chi connectivity index (χ3n) is 2.11. The van der Waals surface area contributed by atoms with Gasteiger partial charge in [0.05, 0.1) is 24.0 Å². The van der Waals surface area contributed by atoms with E-state index >= 15 is 0 Å². The molecule has 0 aliphatic heterocycles. The molecule has 0 aromatic heterocycles. The van der Waals surface area contributed by atoms with Crippen LogP contribution in [0.5, 0.6) is 5.75 Å². The average molecular weight is 324 g/mol. The van der Waals surface area contributed by atoms with Gasteiger partial charge in [-0.25, -0.2) is 16.8 Å². The standard InChI is InChI=1S/C9H12N2O7S2/c1-18-8-3-4-9(11(12)13)7(5-8)6-20(16,17)10-19(2,14)15/h3-5,10H,6H2,1-2H3. The first kappa shape index (κ1) is 16.3. The lowest BCUT2D eigenvalue weighted by molar-refractivity contribution is -0.385. The van der Waals surface area contributed by atoms with Gasteiger partial charge >= 0.3 is 0 Å². The minimum Gasteiger partial charge on any atom is -0.497 e. The molecule has 11 heteroatoms. The smallest absolute Gasteiger partial charge is 0.273 e. The maximum atomic E-state index is 11.6. The minimum absolute atomic E-state index is 0.175. The van der Waals surface area contributed by atoms with Crippen LogP contribution in [0.3, 0.4) is 0 Å². The summed E-state index contributed by atoms with van der Waals surface area (Å²) >= 11 is 0. The van der Waals surface area contributed by atoms with Crippen molar-refractivity contribution < 1.29 is 26.5 Å². The second kappa shape index (κ2) is 5.73. The van der Waals surface area contributed by atoms with E-state index in [1.54, 1.807) is 0 Å². The molecule has 20 heavy (non-hydrogen) atoms. The fourth-order valence-electron chi connectivity index (χ4n) is 1.45. The van der Waals surface area contributed by atoms with Gasteiger partial charge in [-0.15, -0.1) is 4.13 Å². The molecule has 0 unspecified atom stereocenters. The molecule has 0 spiro atoms. The van der Waals surface area contributed by atoms with Gasteiger partial charge in [0.15, 0.2) is 0 Å². The molecule has 0 saturated heterocycles. The number of nitrogens with zero attached hydrogens (tertiary/aromatic N) is 1. The fraction of sp³-hybridized carbons (Fsp3) is 0.333. The summed E-state index contributed by atoms with van der Waals surface area (Å²) in [7, 11) is -6.95. The molecule has 0 radical (unpaired) electrons. The quantitative estimate of drug-likeness (QED) is 0.574. The van der Waals surface area contributed by atoms with Crippen LogP contribution in [-0.2, 0) is 25.8 Å². The normalized spacial score (nSPS) is 12.1. The molecule has 0 aliphatic carbocycles. The van der Waals surface area contributed by atoms with E-state index < -0.39 is 36.4 Å². The topological polar surface area (TPSA) is 133 Å². The molecule has 0 atom stereocenters. The average Bonchev–Trinajstić information content (AvgIpc) is 2.24. The van der Waals surface area contributed by atoms with Gasteiger partial charge in [-0.2, -0.15) is 0 Å². The maximum absolute atomic E-state index is 11.6. The SMILES string of the molecule is COc1ccc([N+](=O)[O-])c(CS(=O)(=O)NS(C)(=O)=O)c1. The Hall–Kier alpha value is -1.72. The zero-order chi connectivity index (χ0) is 15.6. The highest BCUT2D eigenvalue weighted by molar-refractivity contribution is 8.04. The molecule has 0 saturated carbocycles. The van der Waals surface area contributed by atoms with E-state index in [0.717, 1.165) is 6.07 Å². The number of benzene rings is 1. The molecule has 9 nitrogen and oxygen atoms in total. The predicted molar refractivity (Wildman–Crippen MR) is 70.3 cm³/mol. The molecule has 112 valence electrons. The van der Waals surface area contributed by atoms with Crippen molar-refractivity contribution in [2.75, 3.05) is 13.4 Å². The van der Waals surface area contributed by atoms with Gasteiger partial charge in [-0.3, -0.25) is 10.1 Å². The second-order valence-corrected chi connectivity index (χ2v) is 7.60. The lowest BCUT2D eigenvalue weighted by Crippen LogP contribution is -2.30. The van der Waals surface area contributed by atoms with E-state index in [9.17, 15) is 26.9 Å². The number of ether oxygens (including phenoxy) is 1. The van der Waals surface area contributed by atoms with Gasteiger partial charge in [0.2, 0.25) is 20.0 Å². The van der Waals surface area contributed by atoms with Gasteiger partial charge < -0.3 is 4.74 Å². The van der Waals surface area contributed by atoms with Crippen LogP contribution in [0.4, 0.5) is 5.69 Å². The van der Waals surface area contributed by atoms with Gasteiger partial charge in [-0.05, 0) is 12.1 Å². The second-order valence-electron chi connectivity index (χ2n) is 3.87. The van der Waals surface area contributed by atoms with Gasteiger partial charge in [-0.1, -0.05) is 0 Å². The molecule has 1 aromatic carbocycles. The van der Waals surface area contributed by atoms with Crippen molar-refractivity contribution in [2.24, 2.45) is 0 Å². The van der Waals surface area contributed by atoms with Crippen LogP contribution < -0.4 is 8.86 Å². The lowest BCUT2D eigenvalue weighted by atomic mass is 10.2. The number of hydrogen-bond acceptors (Lipinski definition) is 7. The molecular formula is C9H12N2O7S2. The molecular weight excluding hydrogens is 312 g/mol. The van der Waals surface area contributed by atoms with E-state index in [4.69, 9.17) is 4.74 Å². The zero-order valence-electron chi connectivity index (χ0n) is 10.6. The number of nitro groups is 1. The van der Waals surface area contributed by atoms with E-state index in [-0.39, 0.29) is 11.3 Å². The van der Waals surface area contributed by atoms with Crippen molar-refractivity contribution in [2.45, 2.75) is 5.75 Å². The number of rotatable bonds is 6. The highest BCUT2D eigenvalue weighted by atomic mass is 32.3. The summed E-state index contributed by atoms with van der Waals surface area (Å²) in [6, 6.07) is 3.56. The van der Waals surface area contributed by atoms with Crippen LogP contribution in [0.1, 0.15) is 5.56 Å². The Kier molecular flexibility index (Phi) is 4.68. The zero-order valence-corrected chi connectivity index (χ0v) is 12.2. The summed E-state index contributed by atoms with van der Waals surface area (Å²) < 4.78 is 51.4. The molecule has 0 fully saturated rings. The Labute approximate surface area is 115 Å². The summed E-state index contributed by atoms with van der Waals surface area (Å²) in [5.41, 5.74) is -0.616. The summed E-state index contributed by atoms with van der Waals surface area (Å²) in [4.78, 5) is 10.1. The highest BCUT2D eigenvalue weighted by Gasteiger charge is 2.23. The van der Waals surface area contributed by atoms with Crippen LogP contribution in [0, 0.1) is 10.1 Å². The summed E-state index contributed by atoms with van der Waals surface area (Å²) in [6.45, 7) is 0. The van der Waals surface area contributed by atoms with Gasteiger partial charge in [0, 0.05) is 11.6 Å². The number of sulfonamides is 2.